The molecule has 1 aromatic carbocycles. The molecule has 104 valence electrons. The van der Waals surface area contributed by atoms with Crippen LogP contribution in [0.15, 0.2) is 18.2 Å². The van der Waals surface area contributed by atoms with Crippen LogP contribution in [0.4, 0.5) is 0 Å². The highest BCUT2D eigenvalue weighted by atomic mass is 16.4. The second-order valence-electron chi connectivity index (χ2n) is 5.23. The molecule has 1 N–H and O–H groups in total. The third-order valence-electron chi connectivity index (χ3n) is 3.74. The molecule has 0 fully saturated rings. The molecule has 1 heterocycles. The van der Waals surface area contributed by atoms with Crippen molar-refractivity contribution in [3.05, 3.63) is 29.3 Å². The molecule has 1 aliphatic carbocycles. The fourth-order valence-electron chi connectivity index (χ4n) is 2.73. The normalized spacial score (nSPS) is 15.1. The van der Waals surface area contributed by atoms with Gasteiger partial charge in [0.2, 0.25) is 0 Å². The van der Waals surface area contributed by atoms with E-state index in [1.807, 2.05) is 6.07 Å². The van der Waals surface area contributed by atoms with Gasteiger partial charge in [-0.1, -0.05) is 12.1 Å². The lowest BCUT2D eigenvalue weighted by molar-refractivity contribution is -0.137. The van der Waals surface area contributed by atoms with Gasteiger partial charge in [0, 0.05) is 5.56 Å². The van der Waals surface area contributed by atoms with Crippen molar-refractivity contribution >= 4 is 5.97 Å². The van der Waals surface area contributed by atoms with Gasteiger partial charge in [0.25, 0.3) is 0 Å². The quantitative estimate of drug-likeness (QED) is 0.918. The lowest BCUT2D eigenvalue weighted by Crippen LogP contribution is -2.13. The van der Waals surface area contributed by atoms with Crippen molar-refractivity contribution in [2.75, 3.05) is 0 Å². The highest BCUT2D eigenvalue weighted by Crippen LogP contribution is 2.28. The number of carbonyl (C=O) groups is 1. The average molecular weight is 272 g/mol. The average Bonchev–Trinajstić information content (AvgIpc) is 3.06. The Bertz CT molecular complexity index is 650. The van der Waals surface area contributed by atoms with Crippen LogP contribution in [-0.2, 0) is 17.6 Å². The van der Waals surface area contributed by atoms with Crippen molar-refractivity contribution in [2.45, 2.75) is 38.6 Å². The molecule has 1 aromatic heterocycles. The summed E-state index contributed by atoms with van der Waals surface area (Å²) >= 11 is 0. The van der Waals surface area contributed by atoms with E-state index in [4.69, 9.17) is 5.11 Å². The Morgan fingerprint density at radius 1 is 1.40 bits per heavy atom. The summed E-state index contributed by atoms with van der Waals surface area (Å²) in [7, 11) is 0. The lowest BCUT2D eigenvalue weighted by atomic mass is 10.1. The second kappa shape index (κ2) is 5.03. The van der Waals surface area contributed by atoms with Crippen LogP contribution >= 0.6 is 0 Å². The highest BCUT2D eigenvalue weighted by molar-refractivity contribution is 5.67. The fraction of sp³-hybridized carbons (Fsp3) is 0.429. The highest BCUT2D eigenvalue weighted by Gasteiger charge is 2.19. The summed E-state index contributed by atoms with van der Waals surface area (Å²) in [5.41, 5.74) is 3.70. The summed E-state index contributed by atoms with van der Waals surface area (Å²) in [6.45, 7) is 1.81. The maximum Gasteiger partial charge on any atom is 0.305 e. The molecule has 1 atom stereocenters. The Hall–Kier alpha value is -2.24. The van der Waals surface area contributed by atoms with E-state index >= 15 is 0 Å². The predicted octanol–water partition coefficient (Wildman–Crippen LogP) is 1.86. The molecule has 0 radical (unpaired) electrons. The summed E-state index contributed by atoms with van der Waals surface area (Å²) in [4.78, 5) is 10.8. The number of hydrogen-bond donors (Lipinski definition) is 1. The topological polar surface area (TPSA) is 80.9 Å². The third kappa shape index (κ3) is 2.29. The smallest absolute Gasteiger partial charge is 0.305 e. The number of benzene rings is 1. The fourth-order valence-corrected chi connectivity index (χ4v) is 2.73. The van der Waals surface area contributed by atoms with Gasteiger partial charge in [-0.2, -0.15) is 0 Å². The zero-order valence-corrected chi connectivity index (χ0v) is 11.3. The van der Waals surface area contributed by atoms with E-state index in [0.29, 0.717) is 5.82 Å². The summed E-state index contributed by atoms with van der Waals surface area (Å²) in [5, 5.41) is 20.6. The Morgan fingerprint density at radius 2 is 2.20 bits per heavy atom. The van der Waals surface area contributed by atoms with E-state index in [2.05, 4.69) is 27.7 Å². The number of rotatable bonds is 4. The van der Waals surface area contributed by atoms with Crippen molar-refractivity contribution in [1.29, 1.82) is 0 Å². The molecule has 0 amide bonds. The minimum absolute atomic E-state index is 0.00296. The third-order valence-corrected chi connectivity index (χ3v) is 3.74. The van der Waals surface area contributed by atoms with Gasteiger partial charge in [0.05, 0.1) is 12.5 Å². The summed E-state index contributed by atoms with van der Waals surface area (Å²) in [5.74, 6) is -0.221. The van der Waals surface area contributed by atoms with Gasteiger partial charge in [-0.3, -0.25) is 4.79 Å². The van der Waals surface area contributed by atoms with E-state index < -0.39 is 5.97 Å². The van der Waals surface area contributed by atoms with Crippen molar-refractivity contribution in [3.8, 4) is 11.4 Å². The summed E-state index contributed by atoms with van der Waals surface area (Å²) in [6.07, 6.45) is 3.42. The first-order valence-corrected chi connectivity index (χ1v) is 6.77. The number of hydrogen-bond acceptors (Lipinski definition) is 4. The zero-order chi connectivity index (χ0) is 14.1. The Morgan fingerprint density at radius 3 is 3.00 bits per heavy atom. The van der Waals surface area contributed by atoms with E-state index in [-0.39, 0.29) is 12.5 Å². The van der Waals surface area contributed by atoms with Gasteiger partial charge in [0.1, 0.15) is 0 Å². The first-order valence-electron chi connectivity index (χ1n) is 6.77. The summed E-state index contributed by atoms with van der Waals surface area (Å²) in [6, 6.07) is 5.99. The van der Waals surface area contributed by atoms with Crippen LogP contribution in [0, 0.1) is 0 Å². The van der Waals surface area contributed by atoms with Gasteiger partial charge in [0.15, 0.2) is 5.82 Å². The molecule has 1 unspecified atom stereocenters. The van der Waals surface area contributed by atoms with Crippen molar-refractivity contribution < 1.29 is 9.90 Å². The maximum absolute atomic E-state index is 10.8. The minimum atomic E-state index is -0.854. The van der Waals surface area contributed by atoms with E-state index in [9.17, 15) is 4.79 Å². The molecule has 1 aliphatic rings. The standard InChI is InChI=1S/C14H16N4O2/c1-9(7-13(19)20)18-14(15-16-17-18)12-6-5-10-3-2-4-11(10)8-12/h5-6,8-9H,2-4,7H2,1H3,(H,19,20). The van der Waals surface area contributed by atoms with Gasteiger partial charge in [-0.25, -0.2) is 4.68 Å². The molecule has 0 bridgehead atoms. The molecule has 0 spiro atoms. The largest absolute Gasteiger partial charge is 0.481 e. The second-order valence-corrected chi connectivity index (χ2v) is 5.23. The molecule has 6 heteroatoms. The monoisotopic (exact) mass is 272 g/mol. The molecule has 0 saturated carbocycles. The molecular formula is C14H16N4O2. The van der Waals surface area contributed by atoms with Crippen molar-refractivity contribution in [3.63, 3.8) is 0 Å². The Kier molecular flexibility index (Phi) is 3.22. The first-order chi connectivity index (χ1) is 9.65. The molecule has 20 heavy (non-hydrogen) atoms. The number of carboxylic acid groups (broad SMARTS) is 1. The predicted molar refractivity (Wildman–Crippen MR) is 72.2 cm³/mol. The molecule has 2 aromatic rings. The molecule has 6 nitrogen and oxygen atoms in total. The first kappa shape index (κ1) is 12.8. The number of aryl methyl sites for hydroxylation is 2. The SMILES string of the molecule is CC(CC(=O)O)n1nnnc1-c1ccc2c(c1)CCC2. The van der Waals surface area contributed by atoms with Crippen LogP contribution in [-0.4, -0.2) is 31.3 Å². The molecule has 0 aliphatic heterocycles. The van der Waals surface area contributed by atoms with Crippen molar-refractivity contribution in [1.82, 2.24) is 20.2 Å². The minimum Gasteiger partial charge on any atom is -0.481 e. The van der Waals surface area contributed by atoms with E-state index in [1.54, 1.807) is 11.6 Å². The number of aromatic nitrogens is 4. The van der Waals surface area contributed by atoms with Crippen LogP contribution in [0.3, 0.4) is 0 Å². The summed E-state index contributed by atoms with van der Waals surface area (Å²) < 4.78 is 1.59. The number of aliphatic carboxylic acids is 1. The molecular weight excluding hydrogens is 256 g/mol. The van der Waals surface area contributed by atoms with Crippen LogP contribution in [0.1, 0.15) is 36.9 Å². The van der Waals surface area contributed by atoms with E-state index in [1.165, 1.54) is 17.5 Å². The number of carboxylic acids is 1. The van der Waals surface area contributed by atoms with Gasteiger partial charge < -0.3 is 5.11 Å². The maximum atomic E-state index is 10.8. The van der Waals surface area contributed by atoms with Crippen molar-refractivity contribution in [2.24, 2.45) is 0 Å². The number of fused-ring (bicyclic) bond motifs is 1. The lowest BCUT2D eigenvalue weighted by Gasteiger charge is -2.11. The Balaban J connectivity index is 1.95. The number of nitrogens with zero attached hydrogens (tertiary/aromatic N) is 4. The molecule has 3 rings (SSSR count). The van der Waals surface area contributed by atoms with Crippen LogP contribution in [0.25, 0.3) is 11.4 Å². The van der Waals surface area contributed by atoms with Crippen LogP contribution in [0.5, 0.6) is 0 Å². The van der Waals surface area contributed by atoms with Crippen LogP contribution in [0.2, 0.25) is 0 Å². The Labute approximate surface area is 116 Å². The molecule has 0 saturated heterocycles. The van der Waals surface area contributed by atoms with Crippen LogP contribution < -0.4 is 0 Å². The van der Waals surface area contributed by atoms with E-state index in [0.717, 1.165) is 18.4 Å². The zero-order valence-electron chi connectivity index (χ0n) is 11.3. The van der Waals surface area contributed by atoms with Gasteiger partial charge in [-0.15, -0.1) is 5.10 Å². The van der Waals surface area contributed by atoms with Gasteiger partial charge in [-0.05, 0) is 53.8 Å². The van der Waals surface area contributed by atoms with Gasteiger partial charge >= 0.3 is 5.97 Å². The number of tetrazole rings is 1.